The van der Waals surface area contributed by atoms with Gasteiger partial charge in [0.15, 0.2) is 5.82 Å². The molecule has 1 fully saturated rings. The Morgan fingerprint density at radius 2 is 1.94 bits per heavy atom. The van der Waals surface area contributed by atoms with Crippen molar-refractivity contribution in [3.63, 3.8) is 0 Å². The number of likely N-dealkylation sites (tertiary alicyclic amines) is 1. The minimum absolute atomic E-state index is 0.198. The summed E-state index contributed by atoms with van der Waals surface area (Å²) >= 11 is 12.6. The maximum Gasteiger partial charge on any atom is 0.201 e. The lowest BCUT2D eigenvalue weighted by Crippen LogP contribution is -2.35. The molecule has 1 aromatic carbocycles. The zero-order chi connectivity index (χ0) is 22.8. The highest BCUT2D eigenvalue weighted by Crippen LogP contribution is 2.33. The van der Waals surface area contributed by atoms with Crippen LogP contribution in [0.3, 0.4) is 0 Å². The molecule has 0 amide bonds. The van der Waals surface area contributed by atoms with Crippen LogP contribution < -0.4 is 10.2 Å². The summed E-state index contributed by atoms with van der Waals surface area (Å²) in [6.07, 6.45) is 1.98. The fraction of sp³-hybridized carbons (Fsp3) is 0.455. The van der Waals surface area contributed by atoms with Crippen molar-refractivity contribution in [3.05, 3.63) is 45.7 Å². The fourth-order valence-electron chi connectivity index (χ4n) is 4.46. The standard InChI is InChI=1S/C22H26Cl2N8O/c23-16-1-2-17(24)15(11-16)13-32-8-5-25-22-19(32)12-18(27-30-22)21-26-20(28-29-21)14-3-6-31(7-4-14)9-10-33/h1-2,11-12,14,33H,3-10,13H2,(H,25,30)(H,26,28,29). The number of rotatable bonds is 6. The smallest absolute Gasteiger partial charge is 0.201 e. The van der Waals surface area contributed by atoms with Gasteiger partial charge in [0.1, 0.15) is 11.5 Å². The van der Waals surface area contributed by atoms with E-state index in [9.17, 15) is 0 Å². The number of halogens is 2. The number of aromatic amines is 1. The maximum atomic E-state index is 9.14. The molecule has 33 heavy (non-hydrogen) atoms. The first-order valence-corrected chi connectivity index (χ1v) is 11.9. The molecule has 9 nitrogen and oxygen atoms in total. The summed E-state index contributed by atoms with van der Waals surface area (Å²) in [6, 6.07) is 7.49. The molecular weight excluding hydrogens is 463 g/mol. The van der Waals surface area contributed by atoms with E-state index in [4.69, 9.17) is 33.3 Å². The summed E-state index contributed by atoms with van der Waals surface area (Å²) in [6.45, 7) is 5.00. The second kappa shape index (κ2) is 9.80. The molecule has 0 atom stereocenters. The molecule has 0 spiro atoms. The molecule has 3 N–H and O–H groups in total. The summed E-state index contributed by atoms with van der Waals surface area (Å²) in [5.41, 5.74) is 2.52. The van der Waals surface area contributed by atoms with Gasteiger partial charge in [0, 0.05) is 42.1 Å². The first kappa shape index (κ1) is 22.3. The number of hydrogen-bond donors (Lipinski definition) is 3. The number of anilines is 2. The van der Waals surface area contributed by atoms with Crippen molar-refractivity contribution in [2.75, 3.05) is 49.5 Å². The zero-order valence-corrected chi connectivity index (χ0v) is 19.6. The van der Waals surface area contributed by atoms with Gasteiger partial charge in [-0.3, -0.25) is 5.10 Å². The third-order valence-corrected chi connectivity index (χ3v) is 6.88. The fourth-order valence-corrected chi connectivity index (χ4v) is 4.84. The summed E-state index contributed by atoms with van der Waals surface area (Å²) in [5, 5.41) is 30.1. The Kier molecular flexibility index (Phi) is 6.64. The molecule has 2 aromatic heterocycles. The van der Waals surface area contributed by atoms with Crippen LogP contribution in [-0.2, 0) is 6.54 Å². The van der Waals surface area contributed by atoms with Gasteiger partial charge < -0.3 is 20.2 Å². The summed E-state index contributed by atoms with van der Waals surface area (Å²) < 4.78 is 0. The van der Waals surface area contributed by atoms with E-state index in [0.717, 1.165) is 68.5 Å². The summed E-state index contributed by atoms with van der Waals surface area (Å²) in [7, 11) is 0. The van der Waals surface area contributed by atoms with Gasteiger partial charge in [-0.05, 0) is 55.8 Å². The highest BCUT2D eigenvalue weighted by atomic mass is 35.5. The van der Waals surface area contributed by atoms with Gasteiger partial charge in [0.2, 0.25) is 5.82 Å². The highest BCUT2D eigenvalue weighted by Gasteiger charge is 2.25. The van der Waals surface area contributed by atoms with Crippen LogP contribution in [0.15, 0.2) is 24.3 Å². The Morgan fingerprint density at radius 1 is 1.09 bits per heavy atom. The molecule has 0 saturated carbocycles. The molecule has 0 bridgehead atoms. The first-order valence-electron chi connectivity index (χ1n) is 11.2. The normalized spacial score (nSPS) is 17.1. The lowest BCUT2D eigenvalue weighted by molar-refractivity contribution is 0.163. The molecule has 11 heteroatoms. The summed E-state index contributed by atoms with van der Waals surface area (Å²) in [4.78, 5) is 9.23. The molecule has 1 saturated heterocycles. The van der Waals surface area contributed by atoms with Crippen LogP contribution >= 0.6 is 23.2 Å². The third-order valence-electron chi connectivity index (χ3n) is 6.28. The van der Waals surface area contributed by atoms with Crippen molar-refractivity contribution in [2.45, 2.75) is 25.3 Å². The number of nitrogens with zero attached hydrogens (tertiary/aromatic N) is 6. The van der Waals surface area contributed by atoms with Crippen LogP contribution in [-0.4, -0.2) is 74.7 Å². The molecule has 174 valence electrons. The van der Waals surface area contributed by atoms with Crippen LogP contribution in [0.25, 0.3) is 11.5 Å². The molecule has 2 aliphatic rings. The number of aliphatic hydroxyl groups excluding tert-OH is 1. The minimum atomic E-state index is 0.198. The minimum Gasteiger partial charge on any atom is -0.395 e. The van der Waals surface area contributed by atoms with E-state index in [0.29, 0.717) is 34.0 Å². The Labute approximate surface area is 202 Å². The van der Waals surface area contributed by atoms with Crippen molar-refractivity contribution >= 4 is 34.7 Å². The number of benzene rings is 1. The molecule has 0 unspecified atom stereocenters. The van der Waals surface area contributed by atoms with Crippen LogP contribution in [0, 0.1) is 0 Å². The second-order valence-corrected chi connectivity index (χ2v) is 9.27. The molecule has 2 aliphatic heterocycles. The second-order valence-electron chi connectivity index (χ2n) is 8.43. The number of fused-ring (bicyclic) bond motifs is 1. The maximum absolute atomic E-state index is 9.14. The van der Waals surface area contributed by atoms with E-state index >= 15 is 0 Å². The van der Waals surface area contributed by atoms with E-state index in [1.807, 2.05) is 18.2 Å². The third kappa shape index (κ3) is 4.91. The number of aromatic nitrogens is 5. The van der Waals surface area contributed by atoms with Gasteiger partial charge >= 0.3 is 0 Å². The Bertz CT molecular complexity index is 1120. The van der Waals surface area contributed by atoms with E-state index in [1.54, 1.807) is 6.07 Å². The lowest BCUT2D eigenvalue weighted by Gasteiger charge is -2.31. The van der Waals surface area contributed by atoms with Gasteiger partial charge in [-0.2, -0.15) is 5.10 Å². The van der Waals surface area contributed by atoms with Gasteiger partial charge in [-0.1, -0.05) is 23.2 Å². The van der Waals surface area contributed by atoms with Crippen LogP contribution in [0.4, 0.5) is 11.5 Å². The van der Waals surface area contributed by atoms with Crippen molar-refractivity contribution in [1.29, 1.82) is 0 Å². The van der Waals surface area contributed by atoms with E-state index in [1.165, 1.54) is 0 Å². The first-order chi connectivity index (χ1) is 16.1. The zero-order valence-electron chi connectivity index (χ0n) is 18.1. The quantitative estimate of drug-likeness (QED) is 0.485. The van der Waals surface area contributed by atoms with E-state index in [-0.39, 0.29) is 6.61 Å². The predicted octanol–water partition coefficient (Wildman–Crippen LogP) is 3.17. The van der Waals surface area contributed by atoms with Crippen molar-refractivity contribution < 1.29 is 5.11 Å². The van der Waals surface area contributed by atoms with E-state index in [2.05, 4.69) is 35.5 Å². The average molecular weight is 489 g/mol. The molecular formula is C22H26Cl2N8O. The van der Waals surface area contributed by atoms with Crippen LogP contribution in [0.2, 0.25) is 10.0 Å². The molecule has 0 radical (unpaired) electrons. The van der Waals surface area contributed by atoms with Crippen molar-refractivity contribution in [1.82, 2.24) is 30.3 Å². The van der Waals surface area contributed by atoms with Gasteiger partial charge in [-0.25, -0.2) is 4.98 Å². The van der Waals surface area contributed by atoms with Crippen LogP contribution in [0.5, 0.6) is 0 Å². The highest BCUT2D eigenvalue weighted by molar-refractivity contribution is 6.33. The van der Waals surface area contributed by atoms with Gasteiger partial charge in [0.05, 0.1) is 12.3 Å². The number of piperidine rings is 1. The molecule has 5 rings (SSSR count). The predicted molar refractivity (Wildman–Crippen MR) is 129 cm³/mol. The van der Waals surface area contributed by atoms with E-state index < -0.39 is 0 Å². The largest absolute Gasteiger partial charge is 0.395 e. The lowest BCUT2D eigenvalue weighted by atomic mass is 9.96. The topological polar surface area (TPSA) is 106 Å². The molecule has 0 aliphatic carbocycles. The average Bonchev–Trinajstić information content (AvgIpc) is 3.32. The Balaban J connectivity index is 1.35. The number of nitrogens with one attached hydrogen (secondary N) is 2. The number of hydrogen-bond acceptors (Lipinski definition) is 8. The molecule has 4 heterocycles. The monoisotopic (exact) mass is 488 g/mol. The SMILES string of the molecule is OCCN1CCC(c2nc(-c3cc4c(nn3)NCCN4Cc3cc(Cl)ccc3Cl)n[nH]2)CC1. The van der Waals surface area contributed by atoms with Crippen molar-refractivity contribution in [2.24, 2.45) is 0 Å². The number of aliphatic hydroxyl groups is 1. The Morgan fingerprint density at radius 3 is 2.76 bits per heavy atom. The number of β-amino-alcohol motifs (C(OH)–C–C–N with tert-alkyl or cyclic N) is 1. The molecule has 3 aromatic rings. The number of H-pyrrole nitrogens is 1. The van der Waals surface area contributed by atoms with Crippen LogP contribution in [0.1, 0.15) is 30.1 Å². The van der Waals surface area contributed by atoms with Crippen molar-refractivity contribution in [3.8, 4) is 11.5 Å². The van der Waals surface area contributed by atoms with Gasteiger partial charge in [-0.15, -0.1) is 10.2 Å². The van der Waals surface area contributed by atoms with Gasteiger partial charge in [0.25, 0.3) is 0 Å². The Hall–Kier alpha value is -2.46. The summed E-state index contributed by atoms with van der Waals surface area (Å²) in [5.74, 6) is 2.49.